The van der Waals surface area contributed by atoms with E-state index in [1.54, 1.807) is 14.2 Å². The number of methoxy groups -OCH3 is 2. The second-order valence-electron chi connectivity index (χ2n) is 6.37. The van der Waals surface area contributed by atoms with Gasteiger partial charge in [-0.1, -0.05) is 13.8 Å². The molecular weight excluding hydrogens is 242 g/mol. The zero-order chi connectivity index (χ0) is 14.3. The molecule has 4 nitrogen and oxygen atoms in total. The summed E-state index contributed by atoms with van der Waals surface area (Å²) in [6.07, 6.45) is 3.10. The predicted octanol–water partition coefficient (Wildman–Crippen LogP) is 1.77. The number of rotatable bonds is 9. The first-order valence-corrected chi connectivity index (χ1v) is 7.39. The van der Waals surface area contributed by atoms with Crippen LogP contribution in [0.4, 0.5) is 0 Å². The second kappa shape index (κ2) is 8.20. The summed E-state index contributed by atoms with van der Waals surface area (Å²) in [4.78, 5) is 2.40. The standard InChI is InChI=1S/C15H31NO3/c1-15(2)7-6-13(14(15)17)12-16(9-11-19-4)8-5-10-18-3/h13-14,17H,5-12H2,1-4H3. The zero-order valence-electron chi connectivity index (χ0n) is 13.0. The van der Waals surface area contributed by atoms with Crippen LogP contribution in [-0.2, 0) is 9.47 Å². The molecule has 1 saturated carbocycles. The third-order valence-electron chi connectivity index (χ3n) is 4.33. The Bertz CT molecular complexity index is 246. The van der Waals surface area contributed by atoms with E-state index in [4.69, 9.17) is 9.47 Å². The van der Waals surface area contributed by atoms with Crippen molar-refractivity contribution < 1.29 is 14.6 Å². The van der Waals surface area contributed by atoms with Gasteiger partial charge in [0, 0.05) is 40.5 Å². The Morgan fingerprint density at radius 2 is 1.84 bits per heavy atom. The lowest BCUT2D eigenvalue weighted by Gasteiger charge is -2.30. The molecule has 1 N–H and O–H groups in total. The molecule has 0 aromatic carbocycles. The maximum Gasteiger partial charge on any atom is 0.0631 e. The second-order valence-corrected chi connectivity index (χ2v) is 6.37. The number of aliphatic hydroxyl groups excluding tert-OH is 1. The van der Waals surface area contributed by atoms with Gasteiger partial charge in [-0.25, -0.2) is 0 Å². The SMILES string of the molecule is COCCCN(CCOC)CC1CCC(C)(C)C1O. The van der Waals surface area contributed by atoms with Crippen LogP contribution in [-0.4, -0.2) is 63.2 Å². The van der Waals surface area contributed by atoms with Crippen molar-refractivity contribution >= 4 is 0 Å². The van der Waals surface area contributed by atoms with Crippen molar-refractivity contribution in [3.63, 3.8) is 0 Å². The van der Waals surface area contributed by atoms with Gasteiger partial charge in [0.2, 0.25) is 0 Å². The summed E-state index contributed by atoms with van der Waals surface area (Å²) in [6, 6.07) is 0. The van der Waals surface area contributed by atoms with Crippen LogP contribution in [0.2, 0.25) is 0 Å². The van der Waals surface area contributed by atoms with E-state index in [0.29, 0.717) is 5.92 Å². The number of ether oxygens (including phenoxy) is 2. The minimum Gasteiger partial charge on any atom is -0.392 e. The molecule has 114 valence electrons. The molecule has 0 saturated heterocycles. The Labute approximate surface area is 118 Å². The van der Waals surface area contributed by atoms with Gasteiger partial charge in [-0.2, -0.15) is 0 Å². The third kappa shape index (κ3) is 5.38. The van der Waals surface area contributed by atoms with Gasteiger partial charge >= 0.3 is 0 Å². The molecule has 19 heavy (non-hydrogen) atoms. The molecule has 1 aliphatic carbocycles. The highest BCUT2D eigenvalue weighted by Crippen LogP contribution is 2.41. The largest absolute Gasteiger partial charge is 0.392 e. The van der Waals surface area contributed by atoms with Crippen LogP contribution in [0.3, 0.4) is 0 Å². The van der Waals surface area contributed by atoms with Gasteiger partial charge < -0.3 is 19.5 Å². The Hall–Kier alpha value is -0.160. The molecule has 0 heterocycles. The topological polar surface area (TPSA) is 41.9 Å². The van der Waals surface area contributed by atoms with Gasteiger partial charge in [-0.15, -0.1) is 0 Å². The minimum atomic E-state index is -0.181. The molecule has 1 fully saturated rings. The first kappa shape index (κ1) is 16.9. The lowest BCUT2D eigenvalue weighted by Crippen LogP contribution is -2.38. The Morgan fingerprint density at radius 1 is 1.16 bits per heavy atom. The first-order valence-electron chi connectivity index (χ1n) is 7.39. The van der Waals surface area contributed by atoms with Crippen LogP contribution in [0.25, 0.3) is 0 Å². The van der Waals surface area contributed by atoms with E-state index in [9.17, 15) is 5.11 Å². The summed E-state index contributed by atoms with van der Waals surface area (Å²) in [5.74, 6) is 0.398. The molecule has 2 atom stereocenters. The fourth-order valence-corrected chi connectivity index (χ4v) is 2.97. The number of hydrogen-bond acceptors (Lipinski definition) is 4. The number of nitrogens with zero attached hydrogens (tertiary/aromatic N) is 1. The molecule has 0 radical (unpaired) electrons. The Balaban J connectivity index is 2.42. The van der Waals surface area contributed by atoms with E-state index < -0.39 is 0 Å². The highest BCUT2D eigenvalue weighted by atomic mass is 16.5. The summed E-state index contributed by atoms with van der Waals surface area (Å²) in [5, 5.41) is 10.4. The molecule has 0 spiro atoms. The normalized spacial score (nSPS) is 26.2. The van der Waals surface area contributed by atoms with Crippen molar-refractivity contribution in [3.8, 4) is 0 Å². The molecular formula is C15H31NO3. The van der Waals surface area contributed by atoms with Crippen molar-refractivity contribution in [2.45, 2.75) is 39.2 Å². The van der Waals surface area contributed by atoms with Gasteiger partial charge in [-0.05, 0) is 30.6 Å². The molecule has 0 aromatic rings. The molecule has 2 unspecified atom stereocenters. The van der Waals surface area contributed by atoms with E-state index in [0.717, 1.165) is 52.1 Å². The highest BCUT2D eigenvalue weighted by molar-refractivity contribution is 4.92. The zero-order valence-corrected chi connectivity index (χ0v) is 13.0. The predicted molar refractivity (Wildman–Crippen MR) is 77.3 cm³/mol. The quantitative estimate of drug-likeness (QED) is 0.650. The van der Waals surface area contributed by atoms with Crippen molar-refractivity contribution in [1.29, 1.82) is 0 Å². The van der Waals surface area contributed by atoms with Crippen molar-refractivity contribution in [3.05, 3.63) is 0 Å². The van der Waals surface area contributed by atoms with Crippen LogP contribution in [0.5, 0.6) is 0 Å². The summed E-state index contributed by atoms with van der Waals surface area (Å²) in [5.41, 5.74) is 0.0735. The van der Waals surface area contributed by atoms with Crippen LogP contribution in [0, 0.1) is 11.3 Å². The highest BCUT2D eigenvalue weighted by Gasteiger charge is 2.40. The number of hydrogen-bond donors (Lipinski definition) is 1. The van der Waals surface area contributed by atoms with Crippen molar-refractivity contribution in [2.24, 2.45) is 11.3 Å². The molecule has 0 bridgehead atoms. The Kier molecular flexibility index (Phi) is 7.29. The monoisotopic (exact) mass is 273 g/mol. The third-order valence-corrected chi connectivity index (χ3v) is 4.33. The molecule has 1 aliphatic rings. The smallest absolute Gasteiger partial charge is 0.0631 e. The van der Waals surface area contributed by atoms with Gasteiger partial charge in [0.05, 0.1) is 12.7 Å². The van der Waals surface area contributed by atoms with Gasteiger partial charge in [0.1, 0.15) is 0 Å². The average Bonchev–Trinajstić information content (AvgIpc) is 2.63. The van der Waals surface area contributed by atoms with Gasteiger partial charge in [0.15, 0.2) is 0 Å². The van der Waals surface area contributed by atoms with Crippen molar-refractivity contribution in [1.82, 2.24) is 4.90 Å². The van der Waals surface area contributed by atoms with E-state index in [1.807, 2.05) is 0 Å². The number of aliphatic hydroxyl groups is 1. The minimum absolute atomic E-state index is 0.0735. The summed E-state index contributed by atoms with van der Waals surface area (Å²) >= 11 is 0. The van der Waals surface area contributed by atoms with Gasteiger partial charge in [0.25, 0.3) is 0 Å². The summed E-state index contributed by atoms with van der Waals surface area (Å²) < 4.78 is 10.3. The van der Waals surface area contributed by atoms with E-state index in [2.05, 4.69) is 18.7 Å². The van der Waals surface area contributed by atoms with Crippen LogP contribution >= 0.6 is 0 Å². The maximum atomic E-state index is 10.4. The lowest BCUT2D eigenvalue weighted by atomic mass is 9.87. The average molecular weight is 273 g/mol. The molecule has 0 amide bonds. The molecule has 0 aromatic heterocycles. The van der Waals surface area contributed by atoms with E-state index in [1.165, 1.54) is 0 Å². The lowest BCUT2D eigenvalue weighted by molar-refractivity contribution is 0.0278. The maximum absolute atomic E-state index is 10.4. The first-order chi connectivity index (χ1) is 9.01. The molecule has 1 rings (SSSR count). The van der Waals surface area contributed by atoms with Gasteiger partial charge in [-0.3, -0.25) is 0 Å². The van der Waals surface area contributed by atoms with E-state index in [-0.39, 0.29) is 11.5 Å². The van der Waals surface area contributed by atoms with Crippen LogP contribution in [0.1, 0.15) is 33.1 Å². The van der Waals surface area contributed by atoms with Crippen molar-refractivity contribution in [2.75, 3.05) is 47.1 Å². The summed E-state index contributed by atoms with van der Waals surface area (Å²) in [6.45, 7) is 8.80. The molecule has 4 heteroatoms. The Morgan fingerprint density at radius 3 is 2.37 bits per heavy atom. The molecule has 0 aliphatic heterocycles. The summed E-state index contributed by atoms with van der Waals surface area (Å²) in [7, 11) is 3.48. The fourth-order valence-electron chi connectivity index (χ4n) is 2.97. The van der Waals surface area contributed by atoms with Crippen LogP contribution in [0.15, 0.2) is 0 Å². The van der Waals surface area contributed by atoms with E-state index >= 15 is 0 Å². The fraction of sp³-hybridized carbons (Fsp3) is 1.00. The van der Waals surface area contributed by atoms with Crippen LogP contribution < -0.4 is 0 Å².